The summed E-state index contributed by atoms with van der Waals surface area (Å²) in [6, 6.07) is 13.4. The summed E-state index contributed by atoms with van der Waals surface area (Å²) in [5.74, 6) is 0.501. The van der Waals surface area contributed by atoms with Crippen LogP contribution < -0.4 is 10.1 Å². The van der Waals surface area contributed by atoms with Crippen LogP contribution in [0.4, 0.5) is 0 Å². The van der Waals surface area contributed by atoms with Crippen molar-refractivity contribution in [3.05, 3.63) is 63.8 Å². The normalized spacial score (nSPS) is 19.2. The lowest BCUT2D eigenvalue weighted by molar-refractivity contribution is -0.143. The molecule has 2 aromatic carbocycles. The molecule has 3 aromatic rings. The number of hydrogen-bond donors (Lipinski definition) is 2. The number of carbonyl (C=O) groups excluding carboxylic acids is 1. The lowest BCUT2D eigenvalue weighted by atomic mass is 9.90. The maximum Gasteiger partial charge on any atom is 0.323 e. The van der Waals surface area contributed by atoms with Gasteiger partial charge in [0.1, 0.15) is 11.8 Å². The molecule has 0 saturated heterocycles. The summed E-state index contributed by atoms with van der Waals surface area (Å²) in [7, 11) is 3.07. The number of ether oxygens (including phenoxy) is 2. The summed E-state index contributed by atoms with van der Waals surface area (Å²) < 4.78 is 11.5. The molecule has 1 aliphatic rings. The van der Waals surface area contributed by atoms with Crippen LogP contribution in [0.15, 0.2) is 46.9 Å². The van der Waals surface area contributed by atoms with Crippen molar-refractivity contribution in [1.29, 1.82) is 0 Å². The van der Waals surface area contributed by atoms with Gasteiger partial charge < -0.3 is 14.5 Å². The minimum atomic E-state index is -0.416. The molecule has 0 radical (unpaired) electrons. The van der Waals surface area contributed by atoms with Crippen molar-refractivity contribution in [3.8, 4) is 5.75 Å². The van der Waals surface area contributed by atoms with E-state index in [0.29, 0.717) is 6.42 Å². The molecule has 134 valence electrons. The first-order valence-electron chi connectivity index (χ1n) is 8.39. The number of carbonyl (C=O) groups is 1. The summed E-state index contributed by atoms with van der Waals surface area (Å²) in [5, 5.41) is 4.57. The number of hydrogen-bond acceptors (Lipinski definition) is 4. The smallest absolute Gasteiger partial charge is 0.323 e. The fourth-order valence-electron chi connectivity index (χ4n) is 3.70. The topological polar surface area (TPSA) is 63.4 Å². The predicted octanol–water partition coefficient (Wildman–Crippen LogP) is 3.72. The van der Waals surface area contributed by atoms with E-state index < -0.39 is 6.04 Å². The number of aromatic nitrogens is 1. The molecule has 2 unspecified atom stereocenters. The quantitative estimate of drug-likeness (QED) is 0.641. The van der Waals surface area contributed by atoms with Crippen LogP contribution in [0.5, 0.6) is 5.75 Å². The Balaban J connectivity index is 1.92. The fourth-order valence-corrected chi connectivity index (χ4v) is 4.08. The van der Waals surface area contributed by atoms with Crippen LogP contribution in [-0.4, -0.2) is 31.2 Å². The molecule has 2 N–H and O–H groups in total. The van der Waals surface area contributed by atoms with Crippen molar-refractivity contribution in [1.82, 2.24) is 10.3 Å². The monoisotopic (exact) mass is 414 g/mol. The van der Waals surface area contributed by atoms with Crippen LogP contribution in [-0.2, 0) is 16.0 Å². The van der Waals surface area contributed by atoms with E-state index in [0.717, 1.165) is 37.9 Å². The Hall–Kier alpha value is -2.31. The fraction of sp³-hybridized carbons (Fsp3) is 0.250. The number of esters is 1. The molecule has 2 heterocycles. The Bertz CT molecular complexity index is 982. The first-order chi connectivity index (χ1) is 12.6. The molecule has 2 atom stereocenters. The van der Waals surface area contributed by atoms with Crippen molar-refractivity contribution in [2.45, 2.75) is 18.5 Å². The van der Waals surface area contributed by atoms with Gasteiger partial charge in [0.25, 0.3) is 0 Å². The van der Waals surface area contributed by atoms with Gasteiger partial charge >= 0.3 is 5.97 Å². The third-order valence-electron chi connectivity index (χ3n) is 4.90. The first kappa shape index (κ1) is 17.1. The van der Waals surface area contributed by atoms with Crippen LogP contribution >= 0.6 is 15.9 Å². The number of benzene rings is 2. The Morgan fingerprint density at radius 1 is 1.19 bits per heavy atom. The van der Waals surface area contributed by atoms with E-state index in [1.54, 1.807) is 7.11 Å². The molecule has 1 aromatic heterocycles. The maximum absolute atomic E-state index is 12.3. The zero-order chi connectivity index (χ0) is 18.3. The van der Waals surface area contributed by atoms with Crippen molar-refractivity contribution in [2.24, 2.45) is 0 Å². The Morgan fingerprint density at radius 3 is 2.77 bits per heavy atom. The van der Waals surface area contributed by atoms with Gasteiger partial charge in [0.15, 0.2) is 0 Å². The second kappa shape index (κ2) is 6.78. The van der Waals surface area contributed by atoms with Crippen molar-refractivity contribution < 1.29 is 14.3 Å². The molecule has 4 rings (SSSR count). The van der Waals surface area contributed by atoms with E-state index >= 15 is 0 Å². The van der Waals surface area contributed by atoms with Gasteiger partial charge in [-0.25, -0.2) is 0 Å². The average molecular weight is 415 g/mol. The molecular weight excluding hydrogens is 396 g/mol. The van der Waals surface area contributed by atoms with Crippen molar-refractivity contribution in [2.75, 3.05) is 14.2 Å². The lowest BCUT2D eigenvalue weighted by Crippen LogP contribution is -2.45. The van der Waals surface area contributed by atoms with Gasteiger partial charge in [0, 0.05) is 33.1 Å². The van der Waals surface area contributed by atoms with E-state index in [-0.39, 0.29) is 12.0 Å². The second-order valence-corrected chi connectivity index (χ2v) is 7.24. The largest absolute Gasteiger partial charge is 0.496 e. The molecule has 0 bridgehead atoms. The van der Waals surface area contributed by atoms with Gasteiger partial charge in [-0.05, 0) is 29.8 Å². The van der Waals surface area contributed by atoms with Crippen LogP contribution in [0.1, 0.15) is 22.9 Å². The molecule has 0 amide bonds. The number of fused-ring (bicyclic) bond motifs is 3. The van der Waals surface area contributed by atoms with E-state index in [9.17, 15) is 4.79 Å². The predicted molar refractivity (Wildman–Crippen MR) is 103 cm³/mol. The summed E-state index contributed by atoms with van der Waals surface area (Å²) >= 11 is 3.54. The zero-order valence-electron chi connectivity index (χ0n) is 14.5. The highest BCUT2D eigenvalue weighted by Crippen LogP contribution is 2.39. The average Bonchev–Trinajstić information content (AvgIpc) is 3.05. The number of methoxy groups -OCH3 is 2. The summed E-state index contributed by atoms with van der Waals surface area (Å²) in [5.41, 5.74) is 4.22. The molecule has 26 heavy (non-hydrogen) atoms. The van der Waals surface area contributed by atoms with Crippen LogP contribution in [0.25, 0.3) is 10.9 Å². The zero-order valence-corrected chi connectivity index (χ0v) is 16.1. The van der Waals surface area contributed by atoms with E-state index in [1.807, 2.05) is 30.3 Å². The highest BCUT2D eigenvalue weighted by Gasteiger charge is 2.35. The summed E-state index contributed by atoms with van der Waals surface area (Å²) in [6.07, 6.45) is 0.582. The highest BCUT2D eigenvalue weighted by atomic mass is 79.9. The standard InChI is InChI=1S/C20H19BrN2O3/c1-25-17-8-7-11(21)9-14(17)19-18-13(10-16(23-19)20(24)26-2)12-5-3-4-6-15(12)22-18/h3-9,16,19,22-23H,10H2,1-2H3. The van der Waals surface area contributed by atoms with Gasteiger partial charge in [0.05, 0.1) is 20.3 Å². The van der Waals surface area contributed by atoms with Gasteiger partial charge in [-0.15, -0.1) is 0 Å². The SMILES string of the molecule is COC(=O)C1Cc2c([nH]c3ccccc23)C(c2cc(Br)ccc2OC)N1. The van der Waals surface area contributed by atoms with Crippen molar-refractivity contribution in [3.63, 3.8) is 0 Å². The molecule has 0 aliphatic carbocycles. The number of rotatable bonds is 3. The molecule has 1 aliphatic heterocycles. The molecule has 0 fully saturated rings. The van der Waals surface area contributed by atoms with E-state index in [1.165, 1.54) is 7.11 Å². The third-order valence-corrected chi connectivity index (χ3v) is 5.39. The third kappa shape index (κ3) is 2.79. The molecule has 5 nitrogen and oxygen atoms in total. The molecule has 6 heteroatoms. The lowest BCUT2D eigenvalue weighted by Gasteiger charge is -2.31. The Kier molecular flexibility index (Phi) is 4.46. The van der Waals surface area contributed by atoms with Crippen LogP contribution in [0.3, 0.4) is 0 Å². The maximum atomic E-state index is 12.3. The number of aromatic amines is 1. The Morgan fingerprint density at radius 2 is 2.00 bits per heavy atom. The van der Waals surface area contributed by atoms with E-state index in [4.69, 9.17) is 9.47 Å². The number of halogens is 1. The van der Waals surface area contributed by atoms with Gasteiger partial charge in [-0.2, -0.15) is 0 Å². The molecule has 0 spiro atoms. The van der Waals surface area contributed by atoms with Gasteiger partial charge in [0.2, 0.25) is 0 Å². The number of para-hydroxylation sites is 1. The number of H-pyrrole nitrogens is 1. The summed E-state index contributed by atoms with van der Waals surface area (Å²) in [6.45, 7) is 0. The highest BCUT2D eigenvalue weighted by molar-refractivity contribution is 9.10. The van der Waals surface area contributed by atoms with Crippen LogP contribution in [0, 0.1) is 0 Å². The van der Waals surface area contributed by atoms with Gasteiger partial charge in [-0.1, -0.05) is 34.1 Å². The molecule has 0 saturated carbocycles. The van der Waals surface area contributed by atoms with E-state index in [2.05, 4.69) is 38.4 Å². The molecular formula is C20H19BrN2O3. The minimum Gasteiger partial charge on any atom is -0.496 e. The van der Waals surface area contributed by atoms with Crippen LogP contribution in [0.2, 0.25) is 0 Å². The number of nitrogens with one attached hydrogen (secondary N) is 2. The first-order valence-corrected chi connectivity index (χ1v) is 9.18. The van der Waals surface area contributed by atoms with Crippen molar-refractivity contribution >= 4 is 32.8 Å². The Labute approximate surface area is 159 Å². The van der Waals surface area contributed by atoms with Gasteiger partial charge in [-0.3, -0.25) is 10.1 Å². The minimum absolute atomic E-state index is 0.206. The second-order valence-electron chi connectivity index (χ2n) is 6.33. The summed E-state index contributed by atoms with van der Waals surface area (Å²) in [4.78, 5) is 15.8.